The van der Waals surface area contributed by atoms with Gasteiger partial charge in [0, 0.05) is 67.7 Å². The average Bonchev–Trinajstić information content (AvgIpc) is 0.799. The molecule has 2 saturated heterocycles. The summed E-state index contributed by atoms with van der Waals surface area (Å²) >= 11 is 6.08. The molecule has 4 N–H and O–H groups in total. The van der Waals surface area contributed by atoms with Gasteiger partial charge in [-0.25, -0.2) is 0 Å². The Morgan fingerprint density at radius 1 is 0.596 bits per heavy atom. The summed E-state index contributed by atoms with van der Waals surface area (Å²) in [7, 11) is 7.91. The van der Waals surface area contributed by atoms with E-state index in [0.717, 1.165) is 67.0 Å². The van der Waals surface area contributed by atoms with Crippen molar-refractivity contribution in [3.63, 3.8) is 0 Å². The van der Waals surface area contributed by atoms with Crippen molar-refractivity contribution >= 4 is 76.6 Å². The fraction of sp³-hybridized carbons (Fsp3) is 0.646. The number of amides is 11. The molecule has 10 atom stereocenters. The minimum absolute atomic E-state index is 0.0303. The number of nitrogens with zero attached hydrogens (tertiary/aromatic N) is 7. The molecule has 2 fully saturated rings. The van der Waals surface area contributed by atoms with Crippen LogP contribution in [-0.4, -0.2) is 215 Å². The smallest absolute Gasteiger partial charge is 0.343 e. The summed E-state index contributed by atoms with van der Waals surface area (Å²) < 4.78 is 82.6. The first-order valence-electron chi connectivity index (χ1n) is 31.5. The molecule has 0 spiro atoms. The predicted molar refractivity (Wildman–Crippen MR) is 338 cm³/mol. The normalized spacial score (nSPS) is 25.4. The summed E-state index contributed by atoms with van der Waals surface area (Å²) in [6, 6.07) is -5.01. The fourth-order valence-corrected chi connectivity index (χ4v) is 11.1. The molecule has 29 heteroatoms. The standard InChI is InChI=1S/C65H94ClF6N11O11/c1-18-37(6)53-61(93)77(12)34-52(85)83-28-27-49(83)59(91)81(16)50(33-42-19-23-43(24-20-42)64(67,68)69)60(92)80(15)40(9)54(86)73-46(26-22-41-21-25-44(45(66)32-41)65(70,71)72)56(88)74-48(30-36(4)5)58(90)82(17)63(10,11)62(94)75-47(29-35(2)3)57(89)78(13)38(7)31-51(84)79(14)39(8)55(87)76-53/h19-21,23-25,32,35-40,46-50,53H,18,22,26-31,33-34H2,1-17H3,(H,73,86)(H,74,88)(H,75,94)(H,76,87)/t37-,38+,39-,40+,46-,47-,48-,49-,50-,53-/m0/s1. The number of nitrogens with one attached hydrogen (secondary N) is 4. The van der Waals surface area contributed by atoms with Gasteiger partial charge in [-0.15, -0.1) is 0 Å². The van der Waals surface area contributed by atoms with Crippen molar-refractivity contribution in [1.29, 1.82) is 0 Å². The molecule has 0 aliphatic carbocycles. The lowest BCUT2D eigenvalue weighted by Crippen LogP contribution is -2.64. The van der Waals surface area contributed by atoms with Crippen LogP contribution >= 0.6 is 11.6 Å². The Kier molecular flexibility index (Phi) is 27.5. The number of carbonyl (C=O) groups is 11. The van der Waals surface area contributed by atoms with E-state index in [1.54, 1.807) is 34.6 Å². The second kappa shape index (κ2) is 32.8. The van der Waals surface area contributed by atoms with Gasteiger partial charge >= 0.3 is 12.4 Å². The van der Waals surface area contributed by atoms with E-state index in [1.165, 1.54) is 79.8 Å². The first-order valence-corrected chi connectivity index (χ1v) is 31.9. The van der Waals surface area contributed by atoms with Crippen LogP contribution in [0.4, 0.5) is 26.3 Å². The first kappa shape index (κ1) is 78.9. The van der Waals surface area contributed by atoms with Crippen molar-refractivity contribution in [2.75, 3.05) is 55.4 Å². The van der Waals surface area contributed by atoms with Gasteiger partial charge in [0.2, 0.25) is 65.0 Å². The SMILES string of the molecule is CC[C@H](C)[C@@H]1NC(=O)[C@H](C)N(C)C(=O)C[C@@H](C)N(C)C(=O)[C@H](CC(C)C)NC(=O)C(C)(C)N(C)C(=O)[C@H](CC(C)C)NC(=O)[C@H](CCc2ccc(C(F)(F)F)c(Cl)c2)NC(=O)[C@@H](C)N(C)C(=O)[C@H](Cc2ccc(C(F)(F)F)cc2)N(C)C(=O)[C@@H]2CCN2C(=O)CN(C)C1=O. The maximum atomic E-state index is 15.0. The molecule has 0 unspecified atom stereocenters. The van der Waals surface area contributed by atoms with E-state index in [2.05, 4.69) is 21.3 Å². The summed E-state index contributed by atoms with van der Waals surface area (Å²) in [5.74, 6) is -9.50. The molecule has 2 aliphatic rings. The lowest BCUT2D eigenvalue weighted by Gasteiger charge is -2.44. The lowest BCUT2D eigenvalue weighted by atomic mass is 9.95. The Labute approximate surface area is 551 Å². The van der Waals surface area contributed by atoms with Crippen LogP contribution in [0.2, 0.25) is 5.02 Å². The molecule has 0 radical (unpaired) electrons. The highest BCUT2D eigenvalue weighted by Crippen LogP contribution is 2.36. The van der Waals surface area contributed by atoms with Gasteiger partial charge in [-0.2, -0.15) is 26.3 Å². The second-order valence-electron chi connectivity index (χ2n) is 26.3. The molecule has 2 heterocycles. The minimum atomic E-state index is -4.81. The molecule has 4 rings (SSSR count). The van der Waals surface area contributed by atoms with E-state index in [4.69, 9.17) is 11.6 Å². The fourth-order valence-electron chi connectivity index (χ4n) is 10.8. The Morgan fingerprint density at radius 3 is 1.64 bits per heavy atom. The quantitative estimate of drug-likeness (QED) is 0.199. The van der Waals surface area contributed by atoms with Crippen LogP contribution in [0.1, 0.15) is 137 Å². The number of hydrogen-bond donors (Lipinski definition) is 4. The van der Waals surface area contributed by atoms with Gasteiger partial charge in [-0.05, 0) is 120 Å². The van der Waals surface area contributed by atoms with Crippen molar-refractivity contribution in [2.24, 2.45) is 17.8 Å². The third-order valence-corrected chi connectivity index (χ3v) is 18.5. The third-order valence-electron chi connectivity index (χ3n) is 18.2. The molecule has 0 saturated carbocycles. The van der Waals surface area contributed by atoms with Crippen LogP contribution in [0.15, 0.2) is 42.5 Å². The molecule has 11 amide bonds. The minimum Gasteiger partial charge on any atom is -0.343 e. The van der Waals surface area contributed by atoms with Crippen molar-refractivity contribution < 1.29 is 79.1 Å². The van der Waals surface area contributed by atoms with Crippen molar-refractivity contribution in [3.8, 4) is 0 Å². The van der Waals surface area contributed by atoms with Gasteiger partial charge in [0.05, 0.1) is 22.7 Å². The number of likely N-dealkylation sites (N-methyl/N-ethyl adjacent to an activating group) is 6. The molecule has 94 heavy (non-hydrogen) atoms. The summed E-state index contributed by atoms with van der Waals surface area (Å²) in [6.45, 7) is 17.2. The highest BCUT2D eigenvalue weighted by Gasteiger charge is 2.46. The van der Waals surface area contributed by atoms with E-state index < -0.39 is 172 Å². The third kappa shape index (κ3) is 20.0. The van der Waals surface area contributed by atoms with Gasteiger partial charge in [-0.3, -0.25) is 52.7 Å². The molecule has 2 aromatic rings. The number of rotatable bonds is 11. The van der Waals surface area contributed by atoms with E-state index in [-0.39, 0.29) is 68.0 Å². The van der Waals surface area contributed by atoms with Crippen LogP contribution in [0.5, 0.6) is 0 Å². The zero-order chi connectivity index (χ0) is 71.6. The van der Waals surface area contributed by atoms with Crippen LogP contribution < -0.4 is 21.3 Å². The Balaban J connectivity index is 1.87. The van der Waals surface area contributed by atoms with Gasteiger partial charge in [0.1, 0.15) is 53.9 Å². The maximum Gasteiger partial charge on any atom is 0.417 e. The van der Waals surface area contributed by atoms with Crippen molar-refractivity contribution in [2.45, 2.75) is 200 Å². The van der Waals surface area contributed by atoms with Crippen LogP contribution in [0, 0.1) is 17.8 Å². The summed E-state index contributed by atoms with van der Waals surface area (Å²) in [6.07, 6.45) is -10.3. The highest BCUT2D eigenvalue weighted by atomic mass is 35.5. The highest BCUT2D eigenvalue weighted by molar-refractivity contribution is 6.31. The largest absolute Gasteiger partial charge is 0.417 e. The van der Waals surface area contributed by atoms with Crippen molar-refractivity contribution in [3.05, 3.63) is 69.7 Å². The van der Waals surface area contributed by atoms with E-state index in [1.807, 2.05) is 13.8 Å². The number of alkyl halides is 6. The second-order valence-corrected chi connectivity index (χ2v) is 26.8. The molecule has 2 aliphatic heterocycles. The summed E-state index contributed by atoms with van der Waals surface area (Å²) in [5.41, 5.74) is -3.54. The Bertz CT molecular complexity index is 3100. The first-order chi connectivity index (χ1) is 43.4. The Morgan fingerprint density at radius 2 is 1.13 bits per heavy atom. The van der Waals surface area contributed by atoms with Crippen LogP contribution in [-0.2, 0) is 77.9 Å². The zero-order valence-corrected chi connectivity index (χ0v) is 57.6. The molecule has 524 valence electrons. The number of halogens is 7. The van der Waals surface area contributed by atoms with Crippen LogP contribution in [0.3, 0.4) is 0 Å². The molecular weight excluding hydrogens is 1260 g/mol. The number of carbonyl (C=O) groups excluding carboxylic acids is 11. The van der Waals surface area contributed by atoms with E-state index in [0.29, 0.717) is 6.42 Å². The topological polar surface area (TPSA) is 259 Å². The Hall–Kier alpha value is -7.52. The average molecular weight is 1350 g/mol. The van der Waals surface area contributed by atoms with E-state index >= 15 is 0 Å². The number of hydrogen-bond acceptors (Lipinski definition) is 11. The summed E-state index contributed by atoms with van der Waals surface area (Å²) in [5, 5.41) is 10.2. The van der Waals surface area contributed by atoms with E-state index in [9.17, 15) is 79.1 Å². The van der Waals surface area contributed by atoms with Gasteiger partial charge in [-0.1, -0.05) is 77.8 Å². The summed E-state index contributed by atoms with van der Waals surface area (Å²) in [4.78, 5) is 167. The van der Waals surface area contributed by atoms with Gasteiger partial charge < -0.3 is 55.6 Å². The number of benzene rings is 2. The lowest BCUT2D eigenvalue weighted by molar-refractivity contribution is -0.158. The maximum absolute atomic E-state index is 15.0. The van der Waals surface area contributed by atoms with Gasteiger partial charge in [0.15, 0.2) is 0 Å². The molecule has 22 nitrogen and oxygen atoms in total. The van der Waals surface area contributed by atoms with Crippen LogP contribution in [0.25, 0.3) is 0 Å². The molecule has 0 aromatic heterocycles. The zero-order valence-electron chi connectivity index (χ0n) is 56.8. The predicted octanol–water partition coefficient (Wildman–Crippen LogP) is 5.70. The van der Waals surface area contributed by atoms with Gasteiger partial charge in [0.25, 0.3) is 0 Å². The van der Waals surface area contributed by atoms with Crippen molar-refractivity contribution in [1.82, 2.24) is 55.6 Å². The number of fused-ring (bicyclic) bond motifs is 1. The monoisotopic (exact) mass is 1350 g/mol. The molecular formula is C65H94ClF6N11O11. The molecule has 2 aromatic carbocycles. The molecule has 0 bridgehead atoms. The number of aryl methyl sites for hydroxylation is 1.